The number of nitrogens with zero attached hydrogens (tertiary/aromatic N) is 4. The molecule has 10 heteroatoms. The minimum absolute atomic E-state index is 0.103. The largest absolute Gasteiger partial charge is 0.469 e. The van der Waals surface area contributed by atoms with Gasteiger partial charge in [-0.3, -0.25) is 4.79 Å². The van der Waals surface area contributed by atoms with Crippen LogP contribution in [-0.4, -0.2) is 52.1 Å². The SMILES string of the molecule is Cc1occc1-c1nnc(SCC(=O)c2ccc(S(=O)(=O)N3CCCC3)cc2)n1C. The van der Waals surface area contributed by atoms with Crippen LogP contribution in [0.25, 0.3) is 11.4 Å². The van der Waals surface area contributed by atoms with Gasteiger partial charge in [0.1, 0.15) is 5.76 Å². The van der Waals surface area contributed by atoms with Crippen LogP contribution in [0.3, 0.4) is 0 Å². The zero-order valence-electron chi connectivity index (χ0n) is 16.7. The molecule has 2 aromatic heterocycles. The highest BCUT2D eigenvalue weighted by molar-refractivity contribution is 7.99. The lowest BCUT2D eigenvalue weighted by Crippen LogP contribution is -2.27. The van der Waals surface area contributed by atoms with Crippen molar-refractivity contribution in [1.29, 1.82) is 0 Å². The van der Waals surface area contributed by atoms with E-state index >= 15 is 0 Å². The molecule has 1 aliphatic heterocycles. The van der Waals surface area contributed by atoms with Crippen molar-refractivity contribution in [1.82, 2.24) is 19.1 Å². The first-order valence-corrected chi connectivity index (χ1v) is 12.0. The lowest BCUT2D eigenvalue weighted by molar-refractivity contribution is 0.102. The first kappa shape index (κ1) is 20.8. The van der Waals surface area contributed by atoms with Crippen LogP contribution in [0.2, 0.25) is 0 Å². The van der Waals surface area contributed by atoms with Gasteiger partial charge in [0.05, 0.1) is 22.5 Å². The average molecular weight is 447 g/mol. The molecule has 0 unspecified atom stereocenters. The van der Waals surface area contributed by atoms with Gasteiger partial charge in [0.25, 0.3) is 0 Å². The topological polar surface area (TPSA) is 98.3 Å². The van der Waals surface area contributed by atoms with Crippen LogP contribution >= 0.6 is 11.8 Å². The molecule has 4 rings (SSSR count). The fourth-order valence-corrected chi connectivity index (χ4v) is 5.72. The molecule has 0 amide bonds. The van der Waals surface area contributed by atoms with Crippen molar-refractivity contribution in [3.8, 4) is 11.4 Å². The Balaban J connectivity index is 1.43. The molecule has 0 spiro atoms. The summed E-state index contributed by atoms with van der Waals surface area (Å²) in [4.78, 5) is 12.8. The maximum absolute atomic E-state index is 12.6. The molecule has 30 heavy (non-hydrogen) atoms. The number of carbonyl (C=O) groups excluding carboxylic acids is 1. The Morgan fingerprint density at radius 3 is 2.47 bits per heavy atom. The smallest absolute Gasteiger partial charge is 0.243 e. The summed E-state index contributed by atoms with van der Waals surface area (Å²) in [5, 5.41) is 8.98. The summed E-state index contributed by atoms with van der Waals surface area (Å²) in [5.41, 5.74) is 1.33. The number of rotatable bonds is 7. The summed E-state index contributed by atoms with van der Waals surface area (Å²) in [7, 11) is -1.64. The quantitative estimate of drug-likeness (QED) is 0.406. The van der Waals surface area contributed by atoms with E-state index in [4.69, 9.17) is 4.42 Å². The van der Waals surface area contributed by atoms with Gasteiger partial charge < -0.3 is 8.98 Å². The molecule has 0 aliphatic carbocycles. The molecule has 8 nitrogen and oxygen atoms in total. The minimum atomic E-state index is -3.48. The number of sulfonamides is 1. The normalized spacial score (nSPS) is 15.0. The van der Waals surface area contributed by atoms with E-state index in [-0.39, 0.29) is 16.4 Å². The zero-order chi connectivity index (χ0) is 21.3. The number of hydrogen-bond acceptors (Lipinski definition) is 7. The zero-order valence-corrected chi connectivity index (χ0v) is 18.4. The number of thioether (sulfide) groups is 1. The van der Waals surface area contributed by atoms with Crippen molar-refractivity contribution in [2.45, 2.75) is 29.8 Å². The summed E-state index contributed by atoms with van der Waals surface area (Å²) >= 11 is 1.29. The third-order valence-electron chi connectivity index (χ3n) is 5.15. The number of hydrogen-bond donors (Lipinski definition) is 0. The van der Waals surface area contributed by atoms with Crippen LogP contribution in [0, 0.1) is 6.92 Å². The number of ketones is 1. The van der Waals surface area contributed by atoms with Crippen molar-refractivity contribution in [3.05, 3.63) is 47.9 Å². The van der Waals surface area contributed by atoms with Crippen molar-refractivity contribution in [3.63, 3.8) is 0 Å². The van der Waals surface area contributed by atoms with Gasteiger partial charge >= 0.3 is 0 Å². The Labute approximate surface area is 179 Å². The second kappa shape index (κ2) is 8.37. The summed E-state index contributed by atoms with van der Waals surface area (Å²) < 4.78 is 33.8. The first-order valence-electron chi connectivity index (χ1n) is 9.58. The Morgan fingerprint density at radius 1 is 1.13 bits per heavy atom. The molecule has 1 fully saturated rings. The fraction of sp³-hybridized carbons (Fsp3) is 0.350. The minimum Gasteiger partial charge on any atom is -0.469 e. The number of Topliss-reactive ketones (excluding diaryl/α,β-unsaturated/α-hetero) is 1. The maximum Gasteiger partial charge on any atom is 0.243 e. The molecule has 1 saturated heterocycles. The fourth-order valence-electron chi connectivity index (χ4n) is 3.40. The second-order valence-electron chi connectivity index (χ2n) is 7.10. The summed E-state index contributed by atoms with van der Waals surface area (Å²) in [6, 6.07) is 7.99. The summed E-state index contributed by atoms with van der Waals surface area (Å²) in [6.45, 7) is 2.96. The van der Waals surface area contributed by atoms with Crippen molar-refractivity contribution in [2.24, 2.45) is 7.05 Å². The molecule has 0 saturated carbocycles. The number of aryl methyl sites for hydroxylation is 1. The third kappa shape index (κ3) is 3.94. The second-order valence-corrected chi connectivity index (χ2v) is 9.98. The van der Waals surface area contributed by atoms with E-state index in [1.807, 2.05) is 24.6 Å². The number of aromatic nitrogens is 3. The van der Waals surface area contributed by atoms with E-state index in [2.05, 4.69) is 10.2 Å². The van der Waals surface area contributed by atoms with Crippen LogP contribution in [0.4, 0.5) is 0 Å². The van der Waals surface area contributed by atoms with E-state index in [9.17, 15) is 13.2 Å². The highest BCUT2D eigenvalue weighted by Gasteiger charge is 2.27. The maximum atomic E-state index is 12.6. The van der Waals surface area contributed by atoms with Gasteiger partial charge in [-0.25, -0.2) is 8.42 Å². The van der Waals surface area contributed by atoms with E-state index in [0.29, 0.717) is 29.6 Å². The van der Waals surface area contributed by atoms with Crippen LogP contribution in [0.1, 0.15) is 29.0 Å². The molecule has 3 aromatic rings. The Morgan fingerprint density at radius 2 is 1.83 bits per heavy atom. The van der Waals surface area contributed by atoms with E-state index in [1.54, 1.807) is 18.4 Å². The Kier molecular flexibility index (Phi) is 5.81. The van der Waals surface area contributed by atoms with Crippen LogP contribution in [0.15, 0.2) is 51.1 Å². The van der Waals surface area contributed by atoms with Crippen molar-refractivity contribution in [2.75, 3.05) is 18.8 Å². The lowest BCUT2D eigenvalue weighted by atomic mass is 10.1. The van der Waals surface area contributed by atoms with Crippen LogP contribution < -0.4 is 0 Å². The lowest BCUT2D eigenvalue weighted by Gasteiger charge is -2.15. The molecule has 1 aliphatic rings. The van der Waals surface area contributed by atoms with Gasteiger partial charge in [0, 0.05) is 25.7 Å². The average Bonchev–Trinajstić information content (AvgIpc) is 3.48. The summed E-state index contributed by atoms with van der Waals surface area (Å²) in [6.07, 6.45) is 3.37. The molecular formula is C20H22N4O4S2. The molecule has 3 heterocycles. The monoisotopic (exact) mass is 446 g/mol. The van der Waals surface area contributed by atoms with Crippen molar-refractivity contribution >= 4 is 27.6 Å². The predicted molar refractivity (Wildman–Crippen MR) is 113 cm³/mol. The van der Waals surface area contributed by atoms with Gasteiger partial charge in [-0.15, -0.1) is 10.2 Å². The molecule has 0 radical (unpaired) electrons. The molecule has 0 atom stereocenters. The molecule has 0 N–H and O–H groups in total. The first-order chi connectivity index (χ1) is 14.4. The number of benzene rings is 1. The number of furan rings is 1. The van der Waals surface area contributed by atoms with Gasteiger partial charge in [0.15, 0.2) is 16.8 Å². The molecule has 1 aromatic carbocycles. The van der Waals surface area contributed by atoms with E-state index < -0.39 is 10.0 Å². The van der Waals surface area contributed by atoms with Crippen LogP contribution in [0.5, 0.6) is 0 Å². The van der Waals surface area contributed by atoms with Gasteiger partial charge in [-0.1, -0.05) is 23.9 Å². The third-order valence-corrected chi connectivity index (χ3v) is 8.08. The van der Waals surface area contributed by atoms with Crippen molar-refractivity contribution < 1.29 is 17.6 Å². The Hall–Kier alpha value is -2.43. The predicted octanol–water partition coefficient (Wildman–Crippen LogP) is 3.14. The van der Waals surface area contributed by atoms with Gasteiger partial charge in [0.2, 0.25) is 10.0 Å². The van der Waals surface area contributed by atoms with Crippen LogP contribution in [-0.2, 0) is 17.1 Å². The van der Waals surface area contributed by atoms with E-state index in [0.717, 1.165) is 24.2 Å². The van der Waals surface area contributed by atoms with Gasteiger partial charge in [-0.2, -0.15) is 4.31 Å². The van der Waals surface area contributed by atoms with Gasteiger partial charge in [-0.05, 0) is 38.0 Å². The molecule has 158 valence electrons. The standard InChI is InChI=1S/C20H22N4O4S2/c1-14-17(9-12-28-14)19-21-22-20(23(19)2)29-13-18(25)15-5-7-16(8-6-15)30(26,27)24-10-3-4-11-24/h5-9,12H,3-4,10-11,13H2,1-2H3. The number of carbonyl (C=O) groups is 1. The molecular weight excluding hydrogens is 424 g/mol. The summed E-state index contributed by atoms with van der Waals surface area (Å²) in [5.74, 6) is 1.50. The highest BCUT2D eigenvalue weighted by atomic mass is 32.2. The molecule has 0 bridgehead atoms. The Bertz CT molecular complexity index is 1160. The highest BCUT2D eigenvalue weighted by Crippen LogP contribution is 2.26. The van der Waals surface area contributed by atoms with E-state index in [1.165, 1.54) is 28.2 Å².